The average Bonchev–Trinajstić information content (AvgIpc) is 2.09. The third-order valence-corrected chi connectivity index (χ3v) is 1.97. The van der Waals surface area contributed by atoms with Crippen molar-refractivity contribution in [2.45, 2.75) is 0 Å². The van der Waals surface area contributed by atoms with Gasteiger partial charge in [0.2, 0.25) is 5.96 Å². The first-order valence-corrected chi connectivity index (χ1v) is 4.71. The molecule has 0 radical (unpaired) electrons. The number of rotatable bonds is 1. The van der Waals surface area contributed by atoms with Crippen molar-refractivity contribution in [3.8, 4) is 0 Å². The highest BCUT2D eigenvalue weighted by Crippen LogP contribution is 2.31. The molecule has 5 nitrogen and oxygen atoms in total. The lowest BCUT2D eigenvalue weighted by molar-refractivity contribution is 0.253. The molecular weight excluding hydrogens is 258 g/mol. The highest BCUT2D eigenvalue weighted by Gasteiger charge is 2.09. The number of guanidine groups is 1. The van der Waals surface area contributed by atoms with E-state index in [0.717, 1.165) is 6.07 Å². The number of carbonyl (C=O) groups is 1. The molecule has 86 valence electrons. The second-order valence-corrected chi connectivity index (χ2v) is 3.55. The number of hydrogen-bond acceptors (Lipinski definition) is 2. The first-order valence-electron chi connectivity index (χ1n) is 3.95. The Bertz CT molecular complexity index is 440. The van der Waals surface area contributed by atoms with E-state index in [1.165, 1.54) is 6.07 Å². The van der Waals surface area contributed by atoms with Gasteiger partial charge in [0.15, 0.2) is 5.82 Å². The summed E-state index contributed by atoms with van der Waals surface area (Å²) in [5, 5.41) is 2.07. The Kier molecular flexibility index (Phi) is 3.92. The fourth-order valence-electron chi connectivity index (χ4n) is 0.916. The van der Waals surface area contributed by atoms with Gasteiger partial charge in [-0.2, -0.15) is 0 Å². The predicted octanol–water partition coefficient (Wildman–Crippen LogP) is 1.75. The van der Waals surface area contributed by atoms with Gasteiger partial charge in [-0.1, -0.05) is 23.2 Å². The molecule has 0 unspecified atom stereocenters. The average molecular weight is 265 g/mol. The number of nitrogens with two attached hydrogens (primary N) is 2. The van der Waals surface area contributed by atoms with Crippen LogP contribution < -0.4 is 16.8 Å². The second-order valence-electron chi connectivity index (χ2n) is 2.70. The van der Waals surface area contributed by atoms with Crippen LogP contribution in [0.1, 0.15) is 0 Å². The third kappa shape index (κ3) is 3.25. The zero-order valence-corrected chi connectivity index (χ0v) is 9.31. The van der Waals surface area contributed by atoms with Gasteiger partial charge in [-0.25, -0.2) is 14.2 Å². The van der Waals surface area contributed by atoms with Gasteiger partial charge in [-0.05, 0) is 12.1 Å². The molecule has 1 aromatic rings. The van der Waals surface area contributed by atoms with Crippen molar-refractivity contribution < 1.29 is 9.18 Å². The van der Waals surface area contributed by atoms with Crippen LogP contribution in [-0.4, -0.2) is 12.0 Å². The topological polar surface area (TPSA) is 93.5 Å². The molecule has 0 atom stereocenters. The van der Waals surface area contributed by atoms with Crippen LogP contribution in [-0.2, 0) is 0 Å². The van der Waals surface area contributed by atoms with Crippen molar-refractivity contribution in [1.82, 2.24) is 5.32 Å². The molecule has 0 aliphatic heterocycles. The molecule has 0 spiro atoms. The highest BCUT2D eigenvalue weighted by atomic mass is 35.5. The molecular formula is C8H7Cl2FN4O. The monoisotopic (exact) mass is 264 g/mol. The molecule has 0 saturated heterocycles. The highest BCUT2D eigenvalue weighted by molar-refractivity contribution is 6.36. The maximum Gasteiger partial charge on any atom is 0.318 e. The zero-order chi connectivity index (χ0) is 12.3. The van der Waals surface area contributed by atoms with Crippen LogP contribution in [0.2, 0.25) is 10.0 Å². The number of nitrogens with one attached hydrogen (secondary N) is 1. The van der Waals surface area contributed by atoms with Crippen LogP contribution in [0.5, 0.6) is 0 Å². The van der Waals surface area contributed by atoms with Gasteiger partial charge in [0.05, 0.1) is 5.02 Å². The first-order chi connectivity index (χ1) is 7.40. The number of primary amides is 1. The fourth-order valence-corrected chi connectivity index (χ4v) is 1.43. The fraction of sp³-hybridized carbons (Fsp3) is 0. The molecule has 5 N–H and O–H groups in total. The Morgan fingerprint density at radius 2 is 2.00 bits per heavy atom. The Morgan fingerprint density at radius 3 is 2.50 bits per heavy atom. The van der Waals surface area contributed by atoms with Crippen LogP contribution in [0.3, 0.4) is 0 Å². The van der Waals surface area contributed by atoms with E-state index in [0.29, 0.717) is 0 Å². The van der Waals surface area contributed by atoms with Crippen molar-refractivity contribution in [3.63, 3.8) is 0 Å². The van der Waals surface area contributed by atoms with E-state index in [-0.39, 0.29) is 21.7 Å². The molecule has 0 aliphatic rings. The van der Waals surface area contributed by atoms with E-state index in [9.17, 15) is 9.18 Å². The van der Waals surface area contributed by atoms with E-state index >= 15 is 0 Å². The molecule has 1 rings (SSSR count). The minimum atomic E-state index is -0.910. The number of carbonyl (C=O) groups excluding carboxylic acids is 1. The second kappa shape index (κ2) is 5.00. The van der Waals surface area contributed by atoms with Gasteiger partial charge in [-0.3, -0.25) is 5.32 Å². The summed E-state index contributed by atoms with van der Waals surface area (Å²) in [6.07, 6.45) is 0. The molecule has 0 heterocycles. The summed E-state index contributed by atoms with van der Waals surface area (Å²) >= 11 is 11.2. The zero-order valence-electron chi connectivity index (χ0n) is 7.80. The molecule has 1 aromatic carbocycles. The smallest absolute Gasteiger partial charge is 0.318 e. The molecule has 0 saturated carbocycles. The first kappa shape index (κ1) is 12.5. The lowest BCUT2D eigenvalue weighted by atomic mass is 10.3. The van der Waals surface area contributed by atoms with Crippen LogP contribution in [0, 0.1) is 5.82 Å². The summed E-state index contributed by atoms with van der Waals surface area (Å²) in [5.41, 5.74) is 9.83. The Hall–Kier alpha value is -1.53. The third-order valence-electron chi connectivity index (χ3n) is 1.47. The van der Waals surface area contributed by atoms with E-state index in [1.54, 1.807) is 0 Å². The minimum Gasteiger partial charge on any atom is -0.369 e. The molecule has 0 bridgehead atoms. The SMILES string of the molecule is NC(=O)NC(N)=Nc1c(F)cc(Cl)cc1Cl. The van der Waals surface area contributed by atoms with Gasteiger partial charge in [-0.15, -0.1) is 0 Å². The maximum atomic E-state index is 13.3. The van der Waals surface area contributed by atoms with Crippen LogP contribution in [0.15, 0.2) is 17.1 Å². The number of nitrogens with zero attached hydrogens (tertiary/aromatic N) is 1. The summed E-state index contributed by atoms with van der Waals surface area (Å²) < 4.78 is 13.3. The van der Waals surface area contributed by atoms with Crippen molar-refractivity contribution in [1.29, 1.82) is 0 Å². The molecule has 8 heteroatoms. The van der Waals surface area contributed by atoms with E-state index in [1.807, 2.05) is 5.32 Å². The largest absolute Gasteiger partial charge is 0.369 e. The number of aliphatic imine (C=N–C) groups is 1. The van der Waals surface area contributed by atoms with Gasteiger partial charge in [0.1, 0.15) is 5.69 Å². The number of urea groups is 1. The van der Waals surface area contributed by atoms with E-state index < -0.39 is 11.8 Å². The summed E-state index contributed by atoms with van der Waals surface area (Å²) in [6, 6.07) is 1.40. The minimum absolute atomic E-state index is 0.0285. The van der Waals surface area contributed by atoms with Gasteiger partial charge >= 0.3 is 6.03 Å². The Labute approximate surface area is 100 Å². The van der Waals surface area contributed by atoms with Crippen molar-refractivity contribution in [2.24, 2.45) is 16.5 Å². The quantitative estimate of drug-likeness (QED) is 0.533. The summed E-state index contributed by atoms with van der Waals surface area (Å²) in [7, 11) is 0. The van der Waals surface area contributed by atoms with Crippen molar-refractivity contribution >= 4 is 40.9 Å². The summed E-state index contributed by atoms with van der Waals surface area (Å²) in [4.78, 5) is 14.0. The van der Waals surface area contributed by atoms with Crippen molar-refractivity contribution in [3.05, 3.63) is 28.0 Å². The van der Waals surface area contributed by atoms with Gasteiger partial charge in [0.25, 0.3) is 0 Å². The summed E-state index contributed by atoms with van der Waals surface area (Å²) in [5.74, 6) is -1.12. The number of benzene rings is 1. The van der Waals surface area contributed by atoms with Gasteiger partial charge < -0.3 is 11.5 Å². The summed E-state index contributed by atoms with van der Waals surface area (Å²) in [6.45, 7) is 0. The number of halogens is 3. The Morgan fingerprint density at radius 1 is 1.38 bits per heavy atom. The molecule has 2 amide bonds. The Balaban J connectivity index is 3.10. The van der Waals surface area contributed by atoms with Gasteiger partial charge in [0, 0.05) is 5.02 Å². The molecule has 16 heavy (non-hydrogen) atoms. The standard InChI is InChI=1S/C8H7Cl2FN4O/c9-3-1-4(10)6(5(11)2-3)14-7(12)15-8(13)16/h1-2H,(H5,12,13,14,15,16). The van der Waals surface area contributed by atoms with Crippen LogP contribution in [0.25, 0.3) is 0 Å². The van der Waals surface area contributed by atoms with E-state index in [2.05, 4.69) is 4.99 Å². The van der Waals surface area contributed by atoms with Crippen molar-refractivity contribution in [2.75, 3.05) is 0 Å². The normalized spacial score (nSPS) is 11.3. The molecule has 0 fully saturated rings. The predicted molar refractivity (Wildman–Crippen MR) is 60.4 cm³/mol. The lowest BCUT2D eigenvalue weighted by Crippen LogP contribution is -2.40. The lowest BCUT2D eigenvalue weighted by Gasteiger charge is -2.04. The van der Waals surface area contributed by atoms with E-state index in [4.69, 9.17) is 34.7 Å². The van der Waals surface area contributed by atoms with Crippen LogP contribution in [0.4, 0.5) is 14.9 Å². The molecule has 0 aromatic heterocycles. The van der Waals surface area contributed by atoms with Crippen LogP contribution >= 0.6 is 23.2 Å². The number of hydrogen-bond donors (Lipinski definition) is 3. The number of amides is 2. The molecule has 0 aliphatic carbocycles. The maximum absolute atomic E-state index is 13.3.